The lowest BCUT2D eigenvalue weighted by Crippen LogP contribution is -2.45. The van der Waals surface area contributed by atoms with Crippen LogP contribution in [0.25, 0.3) is 0 Å². The smallest absolute Gasteiger partial charge is 0.193 e. The molecule has 0 aliphatic heterocycles. The molecular formula is C9H20O4. The van der Waals surface area contributed by atoms with Gasteiger partial charge in [0, 0.05) is 20.6 Å². The summed E-state index contributed by atoms with van der Waals surface area (Å²) in [7, 11) is 2.93. The molecule has 0 saturated carbocycles. The van der Waals surface area contributed by atoms with Gasteiger partial charge in [0.15, 0.2) is 5.79 Å². The first-order chi connectivity index (χ1) is 6.10. The Morgan fingerprint density at radius 1 is 1.38 bits per heavy atom. The molecule has 4 heteroatoms. The van der Waals surface area contributed by atoms with Crippen molar-refractivity contribution >= 4 is 0 Å². The van der Waals surface area contributed by atoms with Gasteiger partial charge in [-0.15, -0.1) is 0 Å². The number of ether oxygens (including phenoxy) is 2. The molecule has 0 aromatic rings. The lowest BCUT2D eigenvalue weighted by molar-refractivity contribution is -0.251. The van der Waals surface area contributed by atoms with Crippen molar-refractivity contribution in [3.8, 4) is 0 Å². The van der Waals surface area contributed by atoms with Crippen LogP contribution in [0.4, 0.5) is 0 Å². The molecule has 0 radical (unpaired) electrons. The molecule has 80 valence electrons. The molecule has 0 saturated heterocycles. The number of methoxy groups -OCH3 is 2. The Labute approximate surface area is 79.5 Å². The summed E-state index contributed by atoms with van der Waals surface area (Å²) in [4.78, 5) is 0. The van der Waals surface area contributed by atoms with Crippen LogP contribution in [0.15, 0.2) is 0 Å². The van der Waals surface area contributed by atoms with Gasteiger partial charge in [-0.05, 0) is 6.42 Å². The highest BCUT2D eigenvalue weighted by Crippen LogP contribution is 2.20. The lowest BCUT2D eigenvalue weighted by Gasteiger charge is -2.31. The molecule has 0 aliphatic rings. The minimum Gasteiger partial charge on any atom is -0.388 e. The van der Waals surface area contributed by atoms with Crippen molar-refractivity contribution in [3.05, 3.63) is 0 Å². The lowest BCUT2D eigenvalue weighted by atomic mass is 10.0. The Hall–Kier alpha value is -0.160. The van der Waals surface area contributed by atoms with Gasteiger partial charge in [0.1, 0.15) is 6.10 Å². The fourth-order valence-corrected chi connectivity index (χ4v) is 1.15. The van der Waals surface area contributed by atoms with E-state index < -0.39 is 11.9 Å². The SMILES string of the molecule is CCCC(O)C(O)(CCOC)OC. The van der Waals surface area contributed by atoms with Gasteiger partial charge in [-0.3, -0.25) is 0 Å². The largest absolute Gasteiger partial charge is 0.388 e. The predicted octanol–water partition coefficient (Wildman–Crippen LogP) is 0.519. The average Bonchev–Trinajstić information content (AvgIpc) is 2.14. The van der Waals surface area contributed by atoms with E-state index in [1.54, 1.807) is 7.11 Å². The van der Waals surface area contributed by atoms with Crippen molar-refractivity contribution in [2.45, 2.75) is 38.1 Å². The highest BCUT2D eigenvalue weighted by atomic mass is 16.6. The molecule has 0 rings (SSSR count). The fourth-order valence-electron chi connectivity index (χ4n) is 1.15. The van der Waals surface area contributed by atoms with Gasteiger partial charge in [-0.2, -0.15) is 0 Å². The van der Waals surface area contributed by atoms with Crippen molar-refractivity contribution in [3.63, 3.8) is 0 Å². The maximum absolute atomic E-state index is 9.80. The van der Waals surface area contributed by atoms with Gasteiger partial charge >= 0.3 is 0 Å². The summed E-state index contributed by atoms with van der Waals surface area (Å²) >= 11 is 0. The zero-order valence-corrected chi connectivity index (χ0v) is 8.62. The van der Waals surface area contributed by atoms with Gasteiger partial charge in [-0.25, -0.2) is 0 Å². The average molecular weight is 192 g/mol. The van der Waals surface area contributed by atoms with Crippen LogP contribution in [0, 0.1) is 0 Å². The molecule has 4 nitrogen and oxygen atoms in total. The molecule has 0 fully saturated rings. The number of hydrogen-bond acceptors (Lipinski definition) is 4. The first kappa shape index (κ1) is 12.8. The van der Waals surface area contributed by atoms with E-state index in [9.17, 15) is 10.2 Å². The molecule has 2 atom stereocenters. The second kappa shape index (κ2) is 6.32. The minimum absolute atomic E-state index is 0.279. The van der Waals surface area contributed by atoms with Crippen molar-refractivity contribution in [2.24, 2.45) is 0 Å². The standard InChI is InChI=1S/C9H20O4/c1-4-5-8(10)9(11,13-3)6-7-12-2/h8,10-11H,4-7H2,1-3H3. The molecule has 0 aromatic heterocycles. The molecule has 0 amide bonds. The first-order valence-corrected chi connectivity index (χ1v) is 4.55. The van der Waals surface area contributed by atoms with Gasteiger partial charge in [0.2, 0.25) is 0 Å². The maximum Gasteiger partial charge on any atom is 0.193 e. The van der Waals surface area contributed by atoms with E-state index >= 15 is 0 Å². The van der Waals surface area contributed by atoms with Gasteiger partial charge in [-0.1, -0.05) is 13.3 Å². The molecule has 2 unspecified atom stereocenters. The highest BCUT2D eigenvalue weighted by Gasteiger charge is 2.34. The molecule has 0 spiro atoms. The van der Waals surface area contributed by atoms with E-state index in [0.29, 0.717) is 13.0 Å². The number of aliphatic hydroxyl groups excluding tert-OH is 1. The normalized spacial score (nSPS) is 18.2. The zero-order valence-electron chi connectivity index (χ0n) is 8.62. The molecule has 0 heterocycles. The summed E-state index contributed by atoms with van der Waals surface area (Å²) in [6.45, 7) is 2.31. The summed E-state index contributed by atoms with van der Waals surface area (Å²) in [6, 6.07) is 0. The van der Waals surface area contributed by atoms with Crippen LogP contribution in [0.5, 0.6) is 0 Å². The Balaban J connectivity index is 4.07. The first-order valence-electron chi connectivity index (χ1n) is 4.55. The van der Waals surface area contributed by atoms with Gasteiger partial charge < -0.3 is 19.7 Å². The van der Waals surface area contributed by atoms with E-state index in [4.69, 9.17) is 9.47 Å². The Morgan fingerprint density at radius 3 is 2.38 bits per heavy atom. The fraction of sp³-hybridized carbons (Fsp3) is 1.00. The topological polar surface area (TPSA) is 58.9 Å². The van der Waals surface area contributed by atoms with Gasteiger partial charge in [0.05, 0.1) is 6.61 Å². The second-order valence-electron chi connectivity index (χ2n) is 3.10. The van der Waals surface area contributed by atoms with Crippen LogP contribution in [-0.2, 0) is 9.47 Å². The summed E-state index contributed by atoms with van der Waals surface area (Å²) in [6.07, 6.45) is 0.757. The third kappa shape index (κ3) is 4.04. The Kier molecular flexibility index (Phi) is 6.24. The highest BCUT2D eigenvalue weighted by molar-refractivity contribution is 4.76. The summed E-state index contributed by atoms with van der Waals surface area (Å²) in [5.74, 6) is -1.47. The van der Waals surface area contributed by atoms with Crippen molar-refractivity contribution < 1.29 is 19.7 Å². The summed E-state index contributed by atoms with van der Waals surface area (Å²) < 4.78 is 9.70. The Morgan fingerprint density at radius 2 is 2.00 bits per heavy atom. The molecule has 0 aliphatic carbocycles. The molecular weight excluding hydrogens is 172 g/mol. The molecule has 0 aromatic carbocycles. The van der Waals surface area contributed by atoms with Gasteiger partial charge in [0.25, 0.3) is 0 Å². The second-order valence-corrected chi connectivity index (χ2v) is 3.10. The molecule has 13 heavy (non-hydrogen) atoms. The van der Waals surface area contributed by atoms with Crippen LogP contribution >= 0.6 is 0 Å². The Bertz CT molecular complexity index is 129. The van der Waals surface area contributed by atoms with Crippen LogP contribution in [0.3, 0.4) is 0 Å². The number of aliphatic hydroxyl groups is 2. The van der Waals surface area contributed by atoms with E-state index in [-0.39, 0.29) is 6.42 Å². The quantitative estimate of drug-likeness (QED) is 0.577. The summed E-state index contributed by atoms with van der Waals surface area (Å²) in [5, 5.41) is 19.4. The monoisotopic (exact) mass is 192 g/mol. The van der Waals surface area contributed by atoms with E-state index in [0.717, 1.165) is 6.42 Å². The molecule has 0 bridgehead atoms. The number of hydrogen-bond donors (Lipinski definition) is 2. The third-order valence-electron chi connectivity index (χ3n) is 2.10. The minimum atomic E-state index is -1.47. The molecule has 2 N–H and O–H groups in total. The van der Waals surface area contributed by atoms with Crippen molar-refractivity contribution in [2.75, 3.05) is 20.8 Å². The predicted molar refractivity (Wildman–Crippen MR) is 49.4 cm³/mol. The summed E-state index contributed by atoms with van der Waals surface area (Å²) in [5.41, 5.74) is 0. The number of rotatable bonds is 7. The van der Waals surface area contributed by atoms with Crippen molar-refractivity contribution in [1.82, 2.24) is 0 Å². The van der Waals surface area contributed by atoms with E-state index in [2.05, 4.69) is 0 Å². The third-order valence-corrected chi connectivity index (χ3v) is 2.10. The van der Waals surface area contributed by atoms with Crippen LogP contribution < -0.4 is 0 Å². The van der Waals surface area contributed by atoms with Crippen LogP contribution in [0.1, 0.15) is 26.2 Å². The van der Waals surface area contributed by atoms with Crippen LogP contribution in [-0.4, -0.2) is 42.9 Å². The van der Waals surface area contributed by atoms with Crippen LogP contribution in [0.2, 0.25) is 0 Å². The zero-order chi connectivity index (χ0) is 10.3. The van der Waals surface area contributed by atoms with E-state index in [1.807, 2.05) is 6.92 Å². The maximum atomic E-state index is 9.80. The van der Waals surface area contributed by atoms with Crippen molar-refractivity contribution in [1.29, 1.82) is 0 Å². The van der Waals surface area contributed by atoms with E-state index in [1.165, 1.54) is 7.11 Å².